The van der Waals surface area contributed by atoms with Gasteiger partial charge in [-0.05, 0) is 64.6 Å². The van der Waals surface area contributed by atoms with Gasteiger partial charge in [0, 0.05) is 13.4 Å². The zero-order chi connectivity index (χ0) is 13.4. The van der Waals surface area contributed by atoms with Crippen molar-refractivity contribution in [1.29, 1.82) is 0 Å². The lowest BCUT2D eigenvalue weighted by atomic mass is 10.1. The lowest BCUT2D eigenvalue weighted by Crippen LogP contribution is -2.10. The maximum absolute atomic E-state index is 6.26. The molecule has 2 nitrogen and oxygen atoms in total. The van der Waals surface area contributed by atoms with E-state index in [2.05, 4.69) is 50.7 Å². The van der Waals surface area contributed by atoms with E-state index in [0.717, 1.165) is 26.8 Å². The van der Waals surface area contributed by atoms with Crippen LogP contribution in [0.2, 0.25) is 0 Å². The van der Waals surface area contributed by atoms with Crippen LogP contribution in [0.4, 0.5) is 0 Å². The van der Waals surface area contributed by atoms with Crippen molar-refractivity contribution in [3.8, 4) is 0 Å². The highest BCUT2D eigenvalue weighted by molar-refractivity contribution is 14.1. The number of benzene rings is 2. The van der Waals surface area contributed by atoms with Crippen LogP contribution in [0.25, 0.3) is 11.0 Å². The Balaban J connectivity index is 2.01. The minimum atomic E-state index is -0.233. The summed E-state index contributed by atoms with van der Waals surface area (Å²) >= 11 is 5.74. The molecule has 1 aromatic heterocycles. The predicted octanol–water partition coefficient (Wildman–Crippen LogP) is 4.85. The quantitative estimate of drug-likeness (QED) is 0.594. The Labute approximate surface area is 133 Å². The molecule has 2 N–H and O–H groups in total. The maximum atomic E-state index is 6.26. The Morgan fingerprint density at radius 2 is 1.79 bits per heavy atom. The Kier molecular flexibility index (Phi) is 3.64. The predicted molar refractivity (Wildman–Crippen MR) is 89.1 cm³/mol. The van der Waals surface area contributed by atoms with E-state index in [9.17, 15) is 0 Å². The van der Waals surface area contributed by atoms with Crippen molar-refractivity contribution in [3.63, 3.8) is 0 Å². The third-order valence-electron chi connectivity index (χ3n) is 3.03. The van der Waals surface area contributed by atoms with Gasteiger partial charge in [0.2, 0.25) is 0 Å². The normalized spacial score (nSPS) is 12.8. The van der Waals surface area contributed by atoms with Crippen LogP contribution in [0, 0.1) is 3.57 Å². The SMILES string of the molecule is NC(c1ccc(I)cc1)c1cc2cc(Br)ccc2o1. The van der Waals surface area contributed by atoms with Crippen LogP contribution in [-0.4, -0.2) is 0 Å². The number of rotatable bonds is 2. The van der Waals surface area contributed by atoms with Gasteiger partial charge in [0.1, 0.15) is 11.3 Å². The van der Waals surface area contributed by atoms with Crippen molar-refractivity contribution >= 4 is 49.5 Å². The molecule has 19 heavy (non-hydrogen) atoms. The Morgan fingerprint density at radius 1 is 1.05 bits per heavy atom. The molecule has 0 aliphatic carbocycles. The first-order valence-corrected chi connectivity index (χ1v) is 7.71. The highest BCUT2D eigenvalue weighted by Crippen LogP contribution is 2.28. The van der Waals surface area contributed by atoms with Gasteiger partial charge in [-0.1, -0.05) is 28.1 Å². The highest BCUT2D eigenvalue weighted by atomic mass is 127. The van der Waals surface area contributed by atoms with Crippen molar-refractivity contribution in [1.82, 2.24) is 0 Å². The van der Waals surface area contributed by atoms with E-state index in [1.165, 1.54) is 3.57 Å². The number of hydrogen-bond donors (Lipinski definition) is 1. The van der Waals surface area contributed by atoms with Gasteiger partial charge >= 0.3 is 0 Å². The number of fused-ring (bicyclic) bond motifs is 1. The lowest BCUT2D eigenvalue weighted by Gasteiger charge is -2.08. The second-order valence-electron chi connectivity index (χ2n) is 4.36. The fourth-order valence-corrected chi connectivity index (χ4v) is 2.76. The number of hydrogen-bond acceptors (Lipinski definition) is 2. The largest absolute Gasteiger partial charge is 0.459 e. The second kappa shape index (κ2) is 5.26. The summed E-state index contributed by atoms with van der Waals surface area (Å²) in [5, 5.41) is 1.06. The molecule has 0 spiro atoms. The molecule has 96 valence electrons. The highest BCUT2D eigenvalue weighted by Gasteiger charge is 2.14. The molecule has 0 saturated carbocycles. The van der Waals surface area contributed by atoms with Gasteiger partial charge in [0.15, 0.2) is 0 Å². The van der Waals surface area contributed by atoms with E-state index in [-0.39, 0.29) is 6.04 Å². The molecule has 3 rings (SSSR count). The molecule has 0 saturated heterocycles. The standard InChI is InChI=1S/C15H11BrINO/c16-11-3-6-13-10(7-11)8-14(19-13)15(18)9-1-4-12(17)5-2-9/h1-8,15H,18H2. The average Bonchev–Trinajstić information content (AvgIpc) is 2.81. The van der Waals surface area contributed by atoms with Gasteiger partial charge in [-0.3, -0.25) is 0 Å². The molecular weight excluding hydrogens is 417 g/mol. The topological polar surface area (TPSA) is 39.2 Å². The van der Waals surface area contributed by atoms with Crippen LogP contribution in [0.3, 0.4) is 0 Å². The average molecular weight is 428 g/mol. The first-order valence-electron chi connectivity index (χ1n) is 5.83. The zero-order valence-corrected chi connectivity index (χ0v) is 13.7. The van der Waals surface area contributed by atoms with E-state index in [1.54, 1.807) is 0 Å². The molecule has 2 aromatic carbocycles. The van der Waals surface area contributed by atoms with Crippen LogP contribution >= 0.6 is 38.5 Å². The van der Waals surface area contributed by atoms with Gasteiger partial charge in [0.05, 0.1) is 6.04 Å². The van der Waals surface area contributed by atoms with Crippen LogP contribution in [0.15, 0.2) is 57.4 Å². The summed E-state index contributed by atoms with van der Waals surface area (Å²) in [5.74, 6) is 0.786. The first-order chi connectivity index (χ1) is 9.13. The molecular formula is C15H11BrINO. The summed E-state index contributed by atoms with van der Waals surface area (Å²) in [6.45, 7) is 0. The maximum Gasteiger partial charge on any atom is 0.134 e. The molecule has 1 atom stereocenters. The second-order valence-corrected chi connectivity index (χ2v) is 6.52. The lowest BCUT2D eigenvalue weighted by molar-refractivity contribution is 0.525. The first kappa shape index (κ1) is 13.1. The minimum absolute atomic E-state index is 0.233. The summed E-state index contributed by atoms with van der Waals surface area (Å²) in [6.07, 6.45) is 0. The third kappa shape index (κ3) is 2.70. The van der Waals surface area contributed by atoms with Crippen LogP contribution in [0.5, 0.6) is 0 Å². The van der Waals surface area contributed by atoms with E-state index < -0.39 is 0 Å². The van der Waals surface area contributed by atoms with E-state index in [1.807, 2.05) is 36.4 Å². The molecule has 0 bridgehead atoms. The van der Waals surface area contributed by atoms with Gasteiger partial charge in [-0.2, -0.15) is 0 Å². The molecule has 4 heteroatoms. The van der Waals surface area contributed by atoms with E-state index in [0.29, 0.717) is 0 Å². The monoisotopic (exact) mass is 427 g/mol. The van der Waals surface area contributed by atoms with Crippen LogP contribution < -0.4 is 5.73 Å². The summed E-state index contributed by atoms with van der Waals surface area (Å²) in [7, 11) is 0. The molecule has 0 aliphatic rings. The summed E-state index contributed by atoms with van der Waals surface area (Å²) in [5.41, 5.74) is 8.17. The van der Waals surface area contributed by atoms with Crippen LogP contribution in [0.1, 0.15) is 17.4 Å². The summed E-state index contributed by atoms with van der Waals surface area (Å²) in [6, 6.07) is 15.9. The Hall–Kier alpha value is -0.850. The molecule has 1 unspecified atom stereocenters. The van der Waals surface area contributed by atoms with E-state index in [4.69, 9.17) is 10.2 Å². The minimum Gasteiger partial charge on any atom is -0.459 e. The third-order valence-corrected chi connectivity index (χ3v) is 4.25. The van der Waals surface area contributed by atoms with Crippen molar-refractivity contribution in [3.05, 3.63) is 67.9 Å². The fraction of sp³-hybridized carbons (Fsp3) is 0.0667. The molecule has 0 aliphatic heterocycles. The fourth-order valence-electron chi connectivity index (χ4n) is 2.02. The zero-order valence-electron chi connectivity index (χ0n) is 9.94. The molecule has 0 fully saturated rings. The van der Waals surface area contributed by atoms with Crippen molar-refractivity contribution < 1.29 is 4.42 Å². The molecule has 0 radical (unpaired) electrons. The molecule has 3 aromatic rings. The Morgan fingerprint density at radius 3 is 2.53 bits per heavy atom. The van der Waals surface area contributed by atoms with Crippen LogP contribution in [-0.2, 0) is 0 Å². The van der Waals surface area contributed by atoms with E-state index >= 15 is 0 Å². The van der Waals surface area contributed by atoms with Gasteiger partial charge in [-0.15, -0.1) is 0 Å². The smallest absolute Gasteiger partial charge is 0.134 e. The number of halogens is 2. The van der Waals surface area contributed by atoms with Crippen molar-refractivity contribution in [2.24, 2.45) is 5.73 Å². The van der Waals surface area contributed by atoms with Crippen molar-refractivity contribution in [2.75, 3.05) is 0 Å². The summed E-state index contributed by atoms with van der Waals surface area (Å²) < 4.78 is 8.06. The Bertz CT molecular complexity index is 721. The molecule has 1 heterocycles. The van der Waals surface area contributed by atoms with Crippen molar-refractivity contribution in [2.45, 2.75) is 6.04 Å². The number of nitrogens with two attached hydrogens (primary N) is 1. The van der Waals surface area contributed by atoms with Gasteiger partial charge < -0.3 is 10.2 Å². The van der Waals surface area contributed by atoms with Gasteiger partial charge in [-0.25, -0.2) is 0 Å². The van der Waals surface area contributed by atoms with Gasteiger partial charge in [0.25, 0.3) is 0 Å². The number of furan rings is 1. The molecule has 0 amide bonds. The summed E-state index contributed by atoms with van der Waals surface area (Å²) in [4.78, 5) is 0.